The van der Waals surface area contributed by atoms with Gasteiger partial charge in [-0.15, -0.1) is 0 Å². The van der Waals surface area contributed by atoms with Gasteiger partial charge in [0.2, 0.25) is 0 Å². The predicted octanol–water partition coefficient (Wildman–Crippen LogP) is 16.4. The van der Waals surface area contributed by atoms with Crippen LogP contribution in [0.25, 0.3) is 43.1 Å². The minimum absolute atomic E-state index is 0.205. The number of hydrogen-bond donors (Lipinski definition) is 0. The smallest absolute Gasteiger partial charge is 0.307 e. The molecule has 2 atom stereocenters. The molecule has 0 amide bonds. The minimum atomic E-state index is -2.94. The van der Waals surface area contributed by atoms with Gasteiger partial charge < -0.3 is 9.47 Å². The summed E-state index contributed by atoms with van der Waals surface area (Å²) in [5, 5.41) is 15.9. The molecule has 0 aromatic heterocycles. The van der Waals surface area contributed by atoms with Crippen LogP contribution in [-0.2, 0) is 19.1 Å². The van der Waals surface area contributed by atoms with E-state index in [0.29, 0.717) is 0 Å². The average Bonchev–Trinajstić information content (AvgIpc) is 0.829. The molecule has 436 valence electrons. The molecule has 0 saturated carbocycles. The Morgan fingerprint density at radius 2 is 0.411 bits per heavy atom. The second-order valence-corrected chi connectivity index (χ2v) is 31.6. The molecule has 0 aliphatic carbocycles. The number of carbonyl (C=O) groups is 2. The lowest BCUT2D eigenvalue weighted by Crippen LogP contribution is -2.70. The first-order chi connectivity index (χ1) is 44.3. The van der Waals surface area contributed by atoms with E-state index in [2.05, 4.69) is 305 Å². The van der Waals surface area contributed by atoms with E-state index in [9.17, 15) is 9.59 Å². The molecular formula is C84H68O4Si2. The monoisotopic (exact) mass is 1200 g/mol. The first-order valence-electron chi connectivity index (χ1n) is 31.0. The van der Waals surface area contributed by atoms with Crippen molar-refractivity contribution in [3.63, 3.8) is 0 Å². The summed E-state index contributed by atoms with van der Waals surface area (Å²) < 4.78 is 13.7. The first-order valence-corrected chi connectivity index (χ1v) is 35.2. The lowest BCUT2D eigenvalue weighted by Gasteiger charge is -2.38. The van der Waals surface area contributed by atoms with Crippen molar-refractivity contribution in [2.45, 2.75) is 37.1 Å². The van der Waals surface area contributed by atoms with Crippen LogP contribution in [0.4, 0.5) is 0 Å². The fourth-order valence-corrected chi connectivity index (χ4v) is 24.2. The molecule has 0 spiro atoms. The van der Waals surface area contributed by atoms with Gasteiger partial charge in [-0.3, -0.25) is 9.59 Å². The van der Waals surface area contributed by atoms with E-state index in [-0.39, 0.29) is 11.9 Å². The van der Waals surface area contributed by atoms with Crippen molar-refractivity contribution in [2.24, 2.45) is 0 Å². The van der Waals surface area contributed by atoms with E-state index in [0.717, 1.165) is 65.3 Å². The molecule has 0 unspecified atom stereocenters. The summed E-state index contributed by atoms with van der Waals surface area (Å²) in [6, 6.07) is 122. The van der Waals surface area contributed by atoms with Gasteiger partial charge in [0.1, 0.15) is 0 Å². The quantitative estimate of drug-likeness (QED) is 0.0550. The molecular weight excluding hydrogens is 1130 g/mol. The zero-order chi connectivity index (χ0) is 61.3. The van der Waals surface area contributed by atoms with E-state index in [4.69, 9.17) is 9.47 Å². The molecule has 0 heterocycles. The topological polar surface area (TPSA) is 52.6 Å². The van der Waals surface area contributed by atoms with Crippen molar-refractivity contribution in [1.29, 1.82) is 0 Å². The standard InChI is InChI=1S/2C42H34O2Si/c2*1-31(45(34-21-5-2-6-22-34,35-23-7-3-8-24-35)36-25-9-4-10-26-36)42(43)44-41(39-29-15-19-32-17-11-13-27-37(32)39)40-30-16-20-33-18-12-14-28-38(33)40/h2*2-31,41H,1H3/t2*31-/m11/s1. The highest BCUT2D eigenvalue weighted by atomic mass is 28.3. The maximum atomic E-state index is 15.0. The van der Waals surface area contributed by atoms with Crippen LogP contribution in [-0.4, -0.2) is 28.1 Å². The highest BCUT2D eigenvalue weighted by molar-refractivity contribution is 7.14. The zero-order valence-electron chi connectivity index (χ0n) is 50.4. The number of rotatable bonds is 16. The first kappa shape index (κ1) is 58.5. The second kappa shape index (κ2) is 26.5. The number of carbonyl (C=O) groups excluding carboxylic acids is 2. The van der Waals surface area contributed by atoms with Crippen LogP contribution >= 0.6 is 0 Å². The lowest BCUT2D eigenvalue weighted by molar-refractivity contribution is -0.148. The van der Waals surface area contributed by atoms with Crippen LogP contribution in [0.1, 0.15) is 48.3 Å². The van der Waals surface area contributed by atoms with E-state index in [1.54, 1.807) is 0 Å². The molecule has 0 saturated heterocycles. The fourth-order valence-electron chi connectivity index (χ4n) is 14.0. The Balaban J connectivity index is 0.000000165. The van der Waals surface area contributed by atoms with Crippen molar-refractivity contribution >= 4 is 102 Å². The van der Waals surface area contributed by atoms with E-state index >= 15 is 0 Å². The second-order valence-electron chi connectivity index (χ2n) is 23.2. The summed E-state index contributed by atoms with van der Waals surface area (Å²) in [7, 11) is -5.88. The van der Waals surface area contributed by atoms with Gasteiger partial charge in [-0.2, -0.15) is 0 Å². The largest absolute Gasteiger partial charge is 0.452 e. The van der Waals surface area contributed by atoms with E-state index in [1.165, 1.54) is 31.1 Å². The van der Waals surface area contributed by atoms with E-state index < -0.39 is 39.4 Å². The molecule has 90 heavy (non-hydrogen) atoms. The van der Waals surface area contributed by atoms with Gasteiger partial charge >= 0.3 is 11.9 Å². The van der Waals surface area contributed by atoms with Gasteiger partial charge in [0.05, 0.1) is 11.1 Å². The molecule has 0 radical (unpaired) electrons. The number of fused-ring (bicyclic) bond motifs is 4. The van der Waals surface area contributed by atoms with Gasteiger partial charge in [0, 0.05) is 22.3 Å². The number of ether oxygens (including phenoxy) is 2. The van der Waals surface area contributed by atoms with Gasteiger partial charge in [-0.25, -0.2) is 0 Å². The Hall–Kier alpha value is -10.5. The summed E-state index contributed by atoms with van der Waals surface area (Å²) >= 11 is 0. The Labute approximate surface area is 529 Å². The van der Waals surface area contributed by atoms with Gasteiger partial charge in [0.15, 0.2) is 28.4 Å². The number of hydrogen-bond acceptors (Lipinski definition) is 4. The molecule has 0 fully saturated rings. The highest BCUT2D eigenvalue weighted by Gasteiger charge is 2.50. The van der Waals surface area contributed by atoms with E-state index in [1.807, 2.05) is 60.7 Å². The molecule has 0 N–H and O–H groups in total. The summed E-state index contributed by atoms with van der Waals surface area (Å²) in [6.45, 7) is 4.15. The predicted molar refractivity (Wildman–Crippen MR) is 378 cm³/mol. The molecule has 14 aromatic carbocycles. The van der Waals surface area contributed by atoms with Gasteiger partial charge in [-0.05, 0) is 74.2 Å². The Kier molecular flexibility index (Phi) is 17.2. The van der Waals surface area contributed by atoms with Gasteiger partial charge in [-0.1, -0.05) is 366 Å². The normalized spacial score (nSPS) is 12.3. The SMILES string of the molecule is C[C@H](C(=O)OC(c1cccc2ccccc12)c1cccc2ccccc12)[Si](c1ccccc1)(c1ccccc1)c1ccccc1.C[C@H](C(=O)OC(c1cccc2ccccc12)c1cccc2ccccc12)[Si](c1ccccc1)(c1ccccc1)c1ccccc1. The Bertz CT molecular complexity index is 4080. The summed E-state index contributed by atoms with van der Waals surface area (Å²) in [5.74, 6) is -0.409. The van der Waals surface area contributed by atoms with Crippen molar-refractivity contribution in [3.05, 3.63) is 374 Å². The molecule has 6 heteroatoms. The third-order valence-electron chi connectivity index (χ3n) is 18.3. The molecule has 0 bridgehead atoms. The van der Waals surface area contributed by atoms with Crippen LogP contribution in [0.15, 0.2) is 352 Å². The summed E-state index contributed by atoms with van der Waals surface area (Å²) in [5.41, 5.74) is 3.06. The van der Waals surface area contributed by atoms with Crippen molar-refractivity contribution in [2.75, 3.05) is 0 Å². The molecule has 14 rings (SSSR count). The maximum absolute atomic E-state index is 15.0. The lowest BCUT2D eigenvalue weighted by atomic mass is 9.92. The van der Waals surface area contributed by atoms with Crippen LogP contribution in [0, 0.1) is 0 Å². The van der Waals surface area contributed by atoms with Gasteiger partial charge in [0.25, 0.3) is 0 Å². The Morgan fingerprint density at radius 1 is 0.233 bits per heavy atom. The number of esters is 2. The number of benzene rings is 14. The van der Waals surface area contributed by atoms with Crippen LogP contribution < -0.4 is 31.1 Å². The van der Waals surface area contributed by atoms with Crippen LogP contribution in [0.2, 0.25) is 11.1 Å². The third-order valence-corrected chi connectivity index (χ3v) is 28.8. The average molecular weight is 1200 g/mol. The van der Waals surface area contributed by atoms with Crippen LogP contribution in [0.3, 0.4) is 0 Å². The highest BCUT2D eigenvalue weighted by Crippen LogP contribution is 2.40. The molecule has 4 nitrogen and oxygen atoms in total. The third kappa shape index (κ3) is 11.2. The molecule has 0 aliphatic heterocycles. The Morgan fingerprint density at radius 3 is 0.622 bits per heavy atom. The van der Waals surface area contributed by atoms with Crippen molar-refractivity contribution in [1.82, 2.24) is 0 Å². The molecule has 14 aromatic rings. The van der Waals surface area contributed by atoms with Crippen LogP contribution in [0.5, 0.6) is 0 Å². The maximum Gasteiger partial charge on any atom is 0.307 e. The van der Waals surface area contributed by atoms with Crippen molar-refractivity contribution in [3.8, 4) is 0 Å². The van der Waals surface area contributed by atoms with Crippen molar-refractivity contribution < 1.29 is 19.1 Å². The zero-order valence-corrected chi connectivity index (χ0v) is 52.4. The minimum Gasteiger partial charge on any atom is -0.452 e. The summed E-state index contributed by atoms with van der Waals surface area (Å²) in [4.78, 5) is 29.9. The fraction of sp³-hybridized carbons (Fsp3) is 0.0714. The molecule has 0 aliphatic rings. The summed E-state index contributed by atoms with van der Waals surface area (Å²) in [6.07, 6.45) is -1.18.